The van der Waals surface area contributed by atoms with Crippen LogP contribution in [0.25, 0.3) is 6.08 Å². The highest BCUT2D eigenvalue weighted by Gasteiger charge is 2.12. The summed E-state index contributed by atoms with van der Waals surface area (Å²) < 4.78 is 19.7. The minimum absolute atomic E-state index is 0.0246. The van der Waals surface area contributed by atoms with E-state index in [-0.39, 0.29) is 11.3 Å². The van der Waals surface area contributed by atoms with Gasteiger partial charge in [-0.3, -0.25) is 4.79 Å². The number of carbonyl (C=O) groups is 1. The van der Waals surface area contributed by atoms with Gasteiger partial charge in [0.2, 0.25) is 0 Å². The molecule has 0 aliphatic carbocycles. The Bertz CT molecular complexity index is 828. The van der Waals surface area contributed by atoms with Crippen LogP contribution in [-0.2, 0) is 4.79 Å². The Balaban J connectivity index is 2.23. The molecule has 122 valence electrons. The highest BCUT2D eigenvalue weighted by atomic mass is 79.9. The lowest BCUT2D eigenvalue weighted by Crippen LogP contribution is -2.14. The van der Waals surface area contributed by atoms with Crippen molar-refractivity contribution in [1.29, 1.82) is 5.26 Å². The Morgan fingerprint density at radius 3 is 2.75 bits per heavy atom. The second-order valence-electron chi connectivity index (χ2n) is 4.73. The van der Waals surface area contributed by atoms with Gasteiger partial charge in [0.15, 0.2) is 0 Å². The van der Waals surface area contributed by atoms with Crippen molar-refractivity contribution in [1.82, 2.24) is 0 Å². The molecule has 0 bridgehead atoms. The summed E-state index contributed by atoms with van der Waals surface area (Å²) in [5.74, 6) is -0.566. The number of hydrogen-bond donors (Lipinski definition) is 1. The zero-order valence-electron chi connectivity index (χ0n) is 12.8. The van der Waals surface area contributed by atoms with Gasteiger partial charge in [-0.05, 0) is 58.8 Å². The second-order valence-corrected chi connectivity index (χ2v) is 5.58. The SMILES string of the molecule is CCOc1ccc(/C=C(/C#N)C(=O)Nc2ccccc2F)cc1Br. The summed E-state index contributed by atoms with van der Waals surface area (Å²) in [6.45, 7) is 2.41. The van der Waals surface area contributed by atoms with E-state index in [4.69, 9.17) is 4.74 Å². The first-order chi connectivity index (χ1) is 11.5. The highest BCUT2D eigenvalue weighted by molar-refractivity contribution is 9.10. The van der Waals surface area contributed by atoms with Gasteiger partial charge in [0, 0.05) is 0 Å². The zero-order chi connectivity index (χ0) is 17.5. The summed E-state index contributed by atoms with van der Waals surface area (Å²) in [5.41, 5.74) is 0.538. The smallest absolute Gasteiger partial charge is 0.266 e. The number of halogens is 2. The van der Waals surface area contributed by atoms with E-state index in [2.05, 4.69) is 21.2 Å². The van der Waals surface area contributed by atoms with Gasteiger partial charge in [-0.25, -0.2) is 4.39 Å². The molecule has 0 saturated heterocycles. The summed E-state index contributed by atoms with van der Waals surface area (Å²) >= 11 is 3.37. The van der Waals surface area contributed by atoms with E-state index in [0.717, 1.165) is 0 Å². The predicted molar refractivity (Wildman–Crippen MR) is 93.9 cm³/mol. The lowest BCUT2D eigenvalue weighted by atomic mass is 10.1. The molecule has 2 aromatic rings. The van der Waals surface area contributed by atoms with Crippen LogP contribution in [0.3, 0.4) is 0 Å². The van der Waals surface area contributed by atoms with E-state index in [1.54, 1.807) is 24.3 Å². The van der Waals surface area contributed by atoms with Crippen LogP contribution in [0.15, 0.2) is 52.5 Å². The molecule has 0 heterocycles. The molecule has 0 atom stereocenters. The Hall–Kier alpha value is -2.65. The minimum Gasteiger partial charge on any atom is -0.493 e. The summed E-state index contributed by atoms with van der Waals surface area (Å²) in [7, 11) is 0. The number of para-hydroxylation sites is 1. The van der Waals surface area contributed by atoms with E-state index >= 15 is 0 Å². The Labute approximate surface area is 147 Å². The number of rotatable bonds is 5. The van der Waals surface area contributed by atoms with Crippen LogP contribution in [-0.4, -0.2) is 12.5 Å². The summed E-state index contributed by atoms with van der Waals surface area (Å²) in [6, 6.07) is 12.8. The van der Waals surface area contributed by atoms with Crippen LogP contribution in [0.4, 0.5) is 10.1 Å². The monoisotopic (exact) mass is 388 g/mol. The third-order valence-corrected chi connectivity index (χ3v) is 3.67. The van der Waals surface area contributed by atoms with Crippen molar-refractivity contribution in [2.45, 2.75) is 6.92 Å². The van der Waals surface area contributed by atoms with E-state index in [1.807, 2.05) is 13.0 Å². The van der Waals surface area contributed by atoms with E-state index < -0.39 is 11.7 Å². The molecule has 0 aliphatic heterocycles. The first-order valence-corrected chi connectivity index (χ1v) is 7.94. The van der Waals surface area contributed by atoms with E-state index in [0.29, 0.717) is 22.4 Å². The Kier molecular flexibility index (Phi) is 6.10. The average molecular weight is 389 g/mol. The summed E-state index contributed by atoms with van der Waals surface area (Å²) in [5, 5.41) is 11.6. The van der Waals surface area contributed by atoms with Crippen LogP contribution < -0.4 is 10.1 Å². The normalized spacial score (nSPS) is 10.8. The van der Waals surface area contributed by atoms with Crippen molar-refractivity contribution < 1.29 is 13.9 Å². The molecule has 6 heteroatoms. The first kappa shape index (κ1) is 17.7. The molecule has 1 amide bonds. The Morgan fingerprint density at radius 2 is 2.12 bits per heavy atom. The van der Waals surface area contributed by atoms with E-state index in [1.165, 1.54) is 24.3 Å². The topological polar surface area (TPSA) is 62.1 Å². The fourth-order valence-corrected chi connectivity index (χ4v) is 2.46. The van der Waals surface area contributed by atoms with Crippen LogP contribution >= 0.6 is 15.9 Å². The predicted octanol–water partition coefficient (Wildman–Crippen LogP) is 4.53. The molecular formula is C18H14BrFN2O2. The van der Waals surface area contributed by atoms with Gasteiger partial charge < -0.3 is 10.1 Å². The zero-order valence-corrected chi connectivity index (χ0v) is 14.4. The standard InChI is InChI=1S/C18H14BrFN2O2/c1-2-24-17-8-7-12(10-14(17)19)9-13(11-21)18(23)22-16-6-4-3-5-15(16)20/h3-10H,2H2,1H3,(H,22,23)/b13-9-. The molecule has 0 fully saturated rings. The molecule has 1 N–H and O–H groups in total. The molecule has 0 aliphatic rings. The lowest BCUT2D eigenvalue weighted by Gasteiger charge is -2.07. The van der Waals surface area contributed by atoms with Crippen LogP contribution in [0.2, 0.25) is 0 Å². The molecule has 0 radical (unpaired) electrons. The maximum Gasteiger partial charge on any atom is 0.266 e. The van der Waals surface area contributed by atoms with Crippen LogP contribution in [0.5, 0.6) is 5.75 Å². The van der Waals surface area contributed by atoms with Gasteiger partial charge >= 0.3 is 0 Å². The fourth-order valence-electron chi connectivity index (χ4n) is 1.95. The highest BCUT2D eigenvalue weighted by Crippen LogP contribution is 2.27. The third-order valence-electron chi connectivity index (χ3n) is 3.05. The minimum atomic E-state index is -0.674. The molecule has 2 rings (SSSR count). The maximum atomic E-state index is 13.6. The number of benzene rings is 2. The van der Waals surface area contributed by atoms with Crippen molar-refractivity contribution in [2.75, 3.05) is 11.9 Å². The maximum absolute atomic E-state index is 13.6. The second kappa shape index (κ2) is 8.27. The molecule has 0 saturated carbocycles. The van der Waals surface area contributed by atoms with Gasteiger partial charge in [-0.1, -0.05) is 18.2 Å². The third kappa shape index (κ3) is 4.43. The lowest BCUT2D eigenvalue weighted by molar-refractivity contribution is -0.112. The number of carbonyl (C=O) groups excluding carboxylic acids is 1. The van der Waals surface area contributed by atoms with Crippen molar-refractivity contribution in [3.63, 3.8) is 0 Å². The number of ether oxygens (including phenoxy) is 1. The number of anilines is 1. The quantitative estimate of drug-likeness (QED) is 0.604. The molecule has 0 unspecified atom stereocenters. The van der Waals surface area contributed by atoms with Crippen LogP contribution in [0.1, 0.15) is 12.5 Å². The first-order valence-electron chi connectivity index (χ1n) is 7.15. The van der Waals surface area contributed by atoms with Crippen molar-refractivity contribution in [3.05, 3.63) is 63.9 Å². The molecule has 0 spiro atoms. The van der Waals surface area contributed by atoms with Crippen molar-refractivity contribution in [2.24, 2.45) is 0 Å². The van der Waals surface area contributed by atoms with Gasteiger partial charge in [0.25, 0.3) is 5.91 Å². The fraction of sp³-hybridized carbons (Fsp3) is 0.111. The number of amides is 1. The number of nitriles is 1. The molecule has 24 heavy (non-hydrogen) atoms. The van der Waals surface area contributed by atoms with Crippen molar-refractivity contribution in [3.8, 4) is 11.8 Å². The van der Waals surface area contributed by atoms with Crippen LogP contribution in [0, 0.1) is 17.1 Å². The average Bonchev–Trinajstić information content (AvgIpc) is 2.57. The Morgan fingerprint density at radius 1 is 1.38 bits per heavy atom. The summed E-state index contributed by atoms with van der Waals surface area (Å²) in [4.78, 5) is 12.1. The molecule has 2 aromatic carbocycles. The number of nitrogens with one attached hydrogen (secondary N) is 1. The van der Waals surface area contributed by atoms with E-state index in [9.17, 15) is 14.4 Å². The molecule has 0 aromatic heterocycles. The number of nitrogens with zero attached hydrogens (tertiary/aromatic N) is 1. The van der Waals surface area contributed by atoms with Gasteiger partial charge in [-0.2, -0.15) is 5.26 Å². The van der Waals surface area contributed by atoms with Gasteiger partial charge in [-0.15, -0.1) is 0 Å². The molecular weight excluding hydrogens is 375 g/mol. The summed E-state index contributed by atoms with van der Waals surface area (Å²) in [6.07, 6.45) is 1.43. The largest absolute Gasteiger partial charge is 0.493 e. The van der Waals surface area contributed by atoms with Gasteiger partial charge in [0.05, 0.1) is 16.8 Å². The molecule has 4 nitrogen and oxygen atoms in total. The number of hydrogen-bond acceptors (Lipinski definition) is 3. The van der Waals surface area contributed by atoms with Gasteiger partial charge in [0.1, 0.15) is 23.2 Å². The van der Waals surface area contributed by atoms with Crippen molar-refractivity contribution >= 4 is 33.6 Å².